The molecule has 1 atom stereocenters. The number of amides is 1. The lowest BCUT2D eigenvalue weighted by molar-refractivity contribution is -0.116. The third-order valence-corrected chi connectivity index (χ3v) is 6.65. The van der Waals surface area contributed by atoms with Gasteiger partial charge in [0.1, 0.15) is 5.82 Å². The largest absolute Gasteiger partial charge is 0.355 e. The van der Waals surface area contributed by atoms with E-state index in [0.29, 0.717) is 18.1 Å². The molecule has 1 fully saturated rings. The molecule has 4 heterocycles. The molecule has 0 bridgehead atoms. The number of hydrogen-bond acceptors (Lipinski definition) is 6. The molecule has 1 aromatic carbocycles. The number of carbonyl (C=O) groups is 1. The van der Waals surface area contributed by atoms with Crippen LogP contribution in [0.4, 0.5) is 11.6 Å². The van der Waals surface area contributed by atoms with Crippen molar-refractivity contribution in [3.63, 3.8) is 0 Å². The molecule has 5 rings (SSSR count). The average Bonchev–Trinajstić information content (AvgIpc) is 3.42. The summed E-state index contributed by atoms with van der Waals surface area (Å²) >= 11 is 1.71. The summed E-state index contributed by atoms with van der Waals surface area (Å²) < 4.78 is 1.71. The molecule has 7 nitrogen and oxygen atoms in total. The van der Waals surface area contributed by atoms with Gasteiger partial charge in [-0.05, 0) is 55.9 Å². The Morgan fingerprint density at radius 3 is 2.40 bits per heavy atom. The lowest BCUT2D eigenvalue weighted by Crippen LogP contribution is -2.25. The van der Waals surface area contributed by atoms with Gasteiger partial charge in [-0.15, -0.1) is 22.0 Å². The second-order valence-corrected chi connectivity index (χ2v) is 8.66. The van der Waals surface area contributed by atoms with Crippen LogP contribution in [0.2, 0.25) is 0 Å². The predicted molar refractivity (Wildman–Crippen MR) is 119 cm³/mol. The lowest BCUT2D eigenvalue weighted by atomic mass is 9.86. The first-order valence-electron chi connectivity index (χ1n) is 10.3. The summed E-state index contributed by atoms with van der Waals surface area (Å²) in [5, 5.41) is 16.6. The van der Waals surface area contributed by atoms with Crippen LogP contribution in [0.5, 0.6) is 0 Å². The highest BCUT2D eigenvalue weighted by Gasteiger charge is 2.33. The monoisotopic (exact) mass is 420 g/mol. The second-order valence-electron chi connectivity index (χ2n) is 7.78. The minimum absolute atomic E-state index is 0.00996. The lowest BCUT2D eigenvalue weighted by Gasteiger charge is -2.24. The number of nitrogens with zero attached hydrogens (tertiary/aromatic N) is 5. The second kappa shape index (κ2) is 7.75. The highest BCUT2D eigenvalue weighted by molar-refractivity contribution is 7.98. The summed E-state index contributed by atoms with van der Waals surface area (Å²) in [4.78, 5) is 16.0. The molecule has 1 N–H and O–H groups in total. The van der Waals surface area contributed by atoms with Crippen LogP contribution in [0.3, 0.4) is 0 Å². The summed E-state index contributed by atoms with van der Waals surface area (Å²) in [5.41, 5.74) is 3.08. The maximum absolute atomic E-state index is 12.6. The van der Waals surface area contributed by atoms with E-state index in [2.05, 4.69) is 50.9 Å². The number of aryl methyl sites for hydroxylation is 1. The van der Waals surface area contributed by atoms with Crippen molar-refractivity contribution >= 4 is 29.3 Å². The van der Waals surface area contributed by atoms with Crippen LogP contribution in [-0.2, 0) is 4.79 Å². The van der Waals surface area contributed by atoms with E-state index >= 15 is 0 Å². The molecule has 154 valence electrons. The number of benzene rings is 1. The molecule has 0 radical (unpaired) electrons. The minimum atomic E-state index is -0.0183. The fraction of sp³-hybridized carbons (Fsp3) is 0.364. The quantitative estimate of drug-likeness (QED) is 0.648. The first-order chi connectivity index (χ1) is 14.6. The number of carbonyl (C=O) groups excluding carboxylic acids is 1. The molecule has 3 aromatic rings. The zero-order valence-corrected chi connectivity index (χ0v) is 17.9. The summed E-state index contributed by atoms with van der Waals surface area (Å²) in [6.07, 6.45) is 4.87. The number of thioether (sulfide) groups is 1. The van der Waals surface area contributed by atoms with Crippen LogP contribution in [-0.4, -0.2) is 45.2 Å². The van der Waals surface area contributed by atoms with E-state index in [0.717, 1.165) is 35.7 Å². The van der Waals surface area contributed by atoms with E-state index in [4.69, 9.17) is 5.10 Å². The number of anilines is 2. The van der Waals surface area contributed by atoms with Gasteiger partial charge in [0.2, 0.25) is 5.91 Å². The summed E-state index contributed by atoms with van der Waals surface area (Å²) in [7, 11) is 0. The Morgan fingerprint density at radius 2 is 1.73 bits per heavy atom. The van der Waals surface area contributed by atoms with Crippen molar-refractivity contribution in [3.8, 4) is 5.82 Å². The van der Waals surface area contributed by atoms with Gasteiger partial charge in [0.15, 0.2) is 11.6 Å². The van der Waals surface area contributed by atoms with Gasteiger partial charge in [-0.25, -0.2) is 0 Å². The Kier molecular flexibility index (Phi) is 4.94. The zero-order chi connectivity index (χ0) is 20.7. The third kappa shape index (κ3) is 3.35. The van der Waals surface area contributed by atoms with E-state index < -0.39 is 0 Å². The first-order valence-corrected chi connectivity index (χ1v) is 11.5. The molecule has 8 heteroatoms. The van der Waals surface area contributed by atoms with Crippen LogP contribution < -0.4 is 10.2 Å². The van der Waals surface area contributed by atoms with Crippen LogP contribution in [0.15, 0.2) is 41.3 Å². The number of nitrogens with one attached hydrogen (secondary N) is 1. The van der Waals surface area contributed by atoms with Crippen molar-refractivity contribution in [2.45, 2.75) is 37.0 Å². The first kappa shape index (κ1) is 19.1. The molecular formula is C22H24N6OS. The molecule has 0 unspecified atom stereocenters. The van der Waals surface area contributed by atoms with Gasteiger partial charge in [-0.1, -0.05) is 12.1 Å². The molecule has 0 aliphatic carbocycles. The highest BCUT2D eigenvalue weighted by atomic mass is 32.2. The molecule has 1 amide bonds. The Morgan fingerprint density at radius 1 is 1.03 bits per heavy atom. The van der Waals surface area contributed by atoms with Gasteiger partial charge < -0.3 is 10.2 Å². The standard InChI is InChI=1S/C22H24N6OS/c1-14-21-17(15-5-7-16(30-2)8-6-15)13-20(29)23-22(21)28(26-14)19-10-9-18(24-25-19)27-11-3-4-12-27/h5-10,17H,3-4,11-13H2,1-2H3,(H,23,29)/t17-/m0/s1. The number of fused-ring (bicyclic) bond motifs is 1. The smallest absolute Gasteiger partial charge is 0.226 e. The summed E-state index contributed by atoms with van der Waals surface area (Å²) in [6.45, 7) is 4.04. The molecule has 2 aliphatic heterocycles. The highest BCUT2D eigenvalue weighted by Crippen LogP contribution is 2.40. The number of aromatic nitrogens is 4. The average molecular weight is 421 g/mol. The zero-order valence-electron chi connectivity index (χ0n) is 17.1. The summed E-state index contributed by atoms with van der Waals surface area (Å²) in [6, 6.07) is 12.3. The Bertz CT molecular complexity index is 1070. The van der Waals surface area contributed by atoms with Crippen molar-refractivity contribution in [2.24, 2.45) is 0 Å². The molecule has 0 saturated carbocycles. The van der Waals surface area contributed by atoms with Gasteiger partial charge in [-0.3, -0.25) is 4.79 Å². The molecule has 0 spiro atoms. The van der Waals surface area contributed by atoms with Crippen LogP contribution in [0, 0.1) is 6.92 Å². The van der Waals surface area contributed by atoms with Gasteiger partial charge in [-0.2, -0.15) is 9.78 Å². The van der Waals surface area contributed by atoms with E-state index in [1.54, 1.807) is 16.4 Å². The van der Waals surface area contributed by atoms with Crippen LogP contribution >= 0.6 is 11.8 Å². The van der Waals surface area contributed by atoms with Crippen molar-refractivity contribution in [1.82, 2.24) is 20.0 Å². The summed E-state index contributed by atoms with van der Waals surface area (Å²) in [5.74, 6) is 2.18. The normalized spacial score (nSPS) is 18.4. The van der Waals surface area contributed by atoms with E-state index in [9.17, 15) is 4.79 Å². The number of rotatable bonds is 4. The molecule has 1 saturated heterocycles. The fourth-order valence-electron chi connectivity index (χ4n) is 4.38. The number of hydrogen-bond donors (Lipinski definition) is 1. The minimum Gasteiger partial charge on any atom is -0.355 e. The predicted octanol–water partition coefficient (Wildman–Crippen LogP) is 3.77. The third-order valence-electron chi connectivity index (χ3n) is 5.90. The topological polar surface area (TPSA) is 75.9 Å². The molecule has 2 aliphatic rings. The van der Waals surface area contributed by atoms with Crippen molar-refractivity contribution in [2.75, 3.05) is 29.6 Å². The molecular weight excluding hydrogens is 396 g/mol. The molecule has 2 aromatic heterocycles. The van der Waals surface area contributed by atoms with Gasteiger partial charge in [0.25, 0.3) is 0 Å². The van der Waals surface area contributed by atoms with Crippen molar-refractivity contribution < 1.29 is 4.79 Å². The van der Waals surface area contributed by atoms with Gasteiger partial charge >= 0.3 is 0 Å². The van der Waals surface area contributed by atoms with Gasteiger partial charge in [0, 0.05) is 35.9 Å². The van der Waals surface area contributed by atoms with E-state index in [-0.39, 0.29) is 11.8 Å². The van der Waals surface area contributed by atoms with E-state index in [1.165, 1.54) is 17.7 Å². The van der Waals surface area contributed by atoms with Gasteiger partial charge in [0.05, 0.1) is 5.69 Å². The SMILES string of the molecule is CSc1ccc([C@@H]2CC(=O)Nc3c2c(C)nn3-c2ccc(N3CCCC3)nn2)cc1. The molecule has 30 heavy (non-hydrogen) atoms. The fourth-order valence-corrected chi connectivity index (χ4v) is 4.79. The van der Waals surface area contributed by atoms with E-state index in [1.807, 2.05) is 19.1 Å². The van der Waals surface area contributed by atoms with Crippen LogP contribution in [0.25, 0.3) is 5.82 Å². The maximum Gasteiger partial charge on any atom is 0.226 e. The Labute approximate surface area is 179 Å². The maximum atomic E-state index is 12.6. The van der Waals surface area contributed by atoms with Crippen molar-refractivity contribution in [1.29, 1.82) is 0 Å². The Hall–Kier alpha value is -2.87. The van der Waals surface area contributed by atoms with Crippen molar-refractivity contribution in [3.05, 3.63) is 53.2 Å². The Balaban J connectivity index is 1.52. The van der Waals surface area contributed by atoms with Crippen LogP contribution in [0.1, 0.15) is 42.0 Å².